The fourth-order valence-electron chi connectivity index (χ4n) is 2.70. The molecule has 1 aliphatic carbocycles. The van der Waals surface area contributed by atoms with Crippen LogP contribution in [0.25, 0.3) is 16.4 Å². The third-order valence-corrected chi connectivity index (χ3v) is 4.88. The van der Waals surface area contributed by atoms with E-state index in [9.17, 15) is 0 Å². The Morgan fingerprint density at radius 3 is 2.95 bits per heavy atom. The Balaban J connectivity index is 1.80. The van der Waals surface area contributed by atoms with E-state index in [-0.39, 0.29) is 0 Å². The lowest BCUT2D eigenvalue weighted by atomic mass is 10.0. The molecule has 6 heteroatoms. The molecular formula is C15H15N5S. The molecule has 0 spiro atoms. The lowest BCUT2D eigenvalue weighted by Gasteiger charge is -2.06. The Morgan fingerprint density at radius 2 is 2.10 bits per heavy atom. The largest absolute Gasteiger partial charge is 0.399 e. The number of nitrogens with two attached hydrogens (primary N) is 1. The van der Waals surface area contributed by atoms with Gasteiger partial charge in [-0.1, -0.05) is 28.7 Å². The van der Waals surface area contributed by atoms with Gasteiger partial charge in [0.05, 0.1) is 17.6 Å². The first-order chi connectivity index (χ1) is 10.3. The normalized spacial score (nSPS) is 14.1. The van der Waals surface area contributed by atoms with Crippen LogP contribution >= 0.6 is 11.3 Å². The molecule has 1 aromatic carbocycles. The van der Waals surface area contributed by atoms with E-state index in [1.165, 1.54) is 23.4 Å². The van der Waals surface area contributed by atoms with Crippen LogP contribution in [0.5, 0.6) is 0 Å². The second kappa shape index (κ2) is 4.96. The molecule has 4 rings (SSSR count). The molecule has 0 atom stereocenters. The van der Waals surface area contributed by atoms with Crippen LogP contribution in [0.15, 0.2) is 30.5 Å². The molecule has 0 aliphatic heterocycles. The summed E-state index contributed by atoms with van der Waals surface area (Å²) in [6.07, 6.45) is 6.46. The van der Waals surface area contributed by atoms with Crippen molar-refractivity contribution in [2.24, 2.45) is 0 Å². The first-order valence-electron chi connectivity index (χ1n) is 7.07. The van der Waals surface area contributed by atoms with Gasteiger partial charge in [-0.25, -0.2) is 4.98 Å². The Hall–Kier alpha value is -2.21. The number of fused-ring (bicyclic) bond motifs is 1. The summed E-state index contributed by atoms with van der Waals surface area (Å²) in [6, 6.07) is 7.76. The molecule has 0 amide bonds. The summed E-state index contributed by atoms with van der Waals surface area (Å²) in [5.41, 5.74) is 9.77. The minimum Gasteiger partial charge on any atom is -0.399 e. The van der Waals surface area contributed by atoms with Crippen molar-refractivity contribution < 1.29 is 0 Å². The van der Waals surface area contributed by atoms with Crippen LogP contribution in [0.2, 0.25) is 0 Å². The van der Waals surface area contributed by atoms with Gasteiger partial charge in [-0.3, -0.25) is 0 Å². The smallest absolute Gasteiger partial charge is 0.212 e. The highest BCUT2D eigenvalue weighted by molar-refractivity contribution is 7.14. The highest BCUT2D eigenvalue weighted by Crippen LogP contribution is 2.31. The van der Waals surface area contributed by atoms with Crippen molar-refractivity contribution >= 4 is 17.0 Å². The van der Waals surface area contributed by atoms with Crippen LogP contribution in [-0.2, 0) is 12.8 Å². The number of anilines is 1. The molecule has 0 saturated heterocycles. The molecule has 0 fully saturated rings. The van der Waals surface area contributed by atoms with Crippen LogP contribution in [0.4, 0.5) is 5.69 Å². The van der Waals surface area contributed by atoms with Crippen molar-refractivity contribution in [3.8, 4) is 16.4 Å². The third-order valence-electron chi connectivity index (χ3n) is 3.75. The average Bonchev–Trinajstić information content (AvgIpc) is 3.13. The van der Waals surface area contributed by atoms with Crippen molar-refractivity contribution in [2.45, 2.75) is 25.7 Å². The second-order valence-electron chi connectivity index (χ2n) is 5.23. The maximum Gasteiger partial charge on any atom is 0.212 e. The van der Waals surface area contributed by atoms with Crippen LogP contribution < -0.4 is 5.73 Å². The average molecular weight is 297 g/mol. The highest BCUT2D eigenvalue weighted by Gasteiger charge is 2.18. The molecular weight excluding hydrogens is 282 g/mol. The van der Waals surface area contributed by atoms with Crippen LogP contribution in [-0.4, -0.2) is 20.0 Å². The molecule has 2 heterocycles. The van der Waals surface area contributed by atoms with E-state index in [0.717, 1.165) is 34.9 Å². The van der Waals surface area contributed by atoms with E-state index >= 15 is 0 Å². The second-order valence-corrected chi connectivity index (χ2v) is 6.29. The Morgan fingerprint density at radius 1 is 1.19 bits per heavy atom. The van der Waals surface area contributed by atoms with Gasteiger partial charge in [-0.05, 0) is 37.8 Å². The fourth-order valence-corrected chi connectivity index (χ4v) is 3.81. The van der Waals surface area contributed by atoms with Gasteiger partial charge in [0.15, 0.2) is 0 Å². The van der Waals surface area contributed by atoms with Gasteiger partial charge in [-0.15, -0.1) is 5.10 Å². The molecule has 5 nitrogen and oxygen atoms in total. The molecule has 0 bridgehead atoms. The Kier molecular flexibility index (Phi) is 2.96. The molecule has 0 saturated carbocycles. The van der Waals surface area contributed by atoms with E-state index in [2.05, 4.69) is 10.3 Å². The van der Waals surface area contributed by atoms with E-state index in [1.54, 1.807) is 17.5 Å². The number of benzene rings is 1. The molecule has 21 heavy (non-hydrogen) atoms. The summed E-state index contributed by atoms with van der Waals surface area (Å²) in [5.74, 6) is 0. The van der Waals surface area contributed by atoms with Gasteiger partial charge in [0, 0.05) is 16.1 Å². The summed E-state index contributed by atoms with van der Waals surface area (Å²) in [5, 5.41) is 9.16. The number of rotatable bonds is 2. The van der Waals surface area contributed by atoms with Crippen LogP contribution in [0.1, 0.15) is 23.4 Å². The lowest BCUT2D eigenvalue weighted by Crippen LogP contribution is -2.01. The zero-order valence-corrected chi connectivity index (χ0v) is 12.3. The van der Waals surface area contributed by atoms with Crippen molar-refractivity contribution in [3.05, 3.63) is 41.0 Å². The van der Waals surface area contributed by atoms with Gasteiger partial charge in [0.25, 0.3) is 0 Å². The predicted molar refractivity (Wildman–Crippen MR) is 83.5 cm³/mol. The fraction of sp³-hybridized carbons (Fsp3) is 0.267. The number of hydrogen-bond donors (Lipinski definition) is 1. The predicted octanol–water partition coefficient (Wildman–Crippen LogP) is 2.85. The number of hydrogen-bond acceptors (Lipinski definition) is 5. The van der Waals surface area contributed by atoms with Gasteiger partial charge in [0.1, 0.15) is 0 Å². The number of thiazole rings is 1. The highest BCUT2D eigenvalue weighted by atomic mass is 32.1. The topological polar surface area (TPSA) is 69.6 Å². The van der Waals surface area contributed by atoms with E-state index < -0.39 is 0 Å². The molecule has 106 valence electrons. The zero-order chi connectivity index (χ0) is 14.2. The zero-order valence-electron chi connectivity index (χ0n) is 11.5. The maximum atomic E-state index is 5.87. The van der Waals surface area contributed by atoms with Gasteiger partial charge < -0.3 is 5.73 Å². The van der Waals surface area contributed by atoms with Gasteiger partial charge in [-0.2, -0.15) is 4.68 Å². The monoisotopic (exact) mass is 297 g/mol. The molecule has 2 aromatic heterocycles. The minimum atomic E-state index is 0.735. The van der Waals surface area contributed by atoms with E-state index in [1.807, 2.05) is 28.9 Å². The van der Waals surface area contributed by atoms with Crippen LogP contribution in [0, 0.1) is 0 Å². The van der Waals surface area contributed by atoms with Gasteiger partial charge in [0.2, 0.25) is 5.13 Å². The summed E-state index contributed by atoms with van der Waals surface area (Å²) < 4.78 is 1.82. The molecule has 0 unspecified atom stereocenters. The minimum absolute atomic E-state index is 0.735. The SMILES string of the molecule is Nc1cccc(-c2cnnn2-c2nc3c(s2)CCCC3)c1. The Labute approximate surface area is 126 Å². The summed E-state index contributed by atoms with van der Waals surface area (Å²) in [7, 11) is 0. The van der Waals surface area contributed by atoms with E-state index in [4.69, 9.17) is 10.7 Å². The number of nitrogen functional groups attached to an aromatic ring is 1. The first-order valence-corrected chi connectivity index (χ1v) is 7.88. The van der Waals surface area contributed by atoms with Crippen molar-refractivity contribution in [2.75, 3.05) is 5.73 Å². The summed E-state index contributed by atoms with van der Waals surface area (Å²) >= 11 is 1.72. The quantitative estimate of drug-likeness (QED) is 0.738. The summed E-state index contributed by atoms with van der Waals surface area (Å²) in [4.78, 5) is 6.14. The lowest BCUT2D eigenvalue weighted by molar-refractivity contribution is 0.679. The van der Waals surface area contributed by atoms with Crippen molar-refractivity contribution in [1.82, 2.24) is 20.0 Å². The van der Waals surface area contributed by atoms with E-state index in [0.29, 0.717) is 0 Å². The van der Waals surface area contributed by atoms with Gasteiger partial charge >= 0.3 is 0 Å². The number of nitrogens with zero attached hydrogens (tertiary/aromatic N) is 4. The molecule has 1 aliphatic rings. The molecule has 3 aromatic rings. The number of aromatic nitrogens is 4. The van der Waals surface area contributed by atoms with Crippen molar-refractivity contribution in [3.63, 3.8) is 0 Å². The Bertz CT molecular complexity index is 765. The van der Waals surface area contributed by atoms with Crippen molar-refractivity contribution in [1.29, 1.82) is 0 Å². The van der Waals surface area contributed by atoms with Crippen LogP contribution in [0.3, 0.4) is 0 Å². The standard InChI is InChI=1S/C15H15N5S/c16-11-5-3-4-10(8-11)13-9-17-19-20(13)15-18-12-6-1-2-7-14(12)21-15/h3-5,8-9H,1-2,6-7,16H2. The third kappa shape index (κ3) is 2.21. The molecule has 0 radical (unpaired) electrons. The first kappa shape index (κ1) is 12.5. The summed E-state index contributed by atoms with van der Waals surface area (Å²) in [6.45, 7) is 0. The maximum absolute atomic E-state index is 5.87. The molecule has 2 N–H and O–H groups in total. The number of aryl methyl sites for hydroxylation is 2.